The first-order valence-electron chi connectivity index (χ1n) is 5.35. The van der Waals surface area contributed by atoms with E-state index in [9.17, 15) is 19.2 Å². The first-order valence-corrected chi connectivity index (χ1v) is 6.17. The predicted octanol–water partition coefficient (Wildman–Crippen LogP) is 0.384. The molecular formula is C11H9N3O5S. The Morgan fingerprint density at radius 2 is 1.95 bits per heavy atom. The summed E-state index contributed by atoms with van der Waals surface area (Å²) in [6.07, 6.45) is 0. The molecule has 0 aliphatic heterocycles. The molecule has 2 aromatic heterocycles. The topological polar surface area (TPSA) is 132 Å². The van der Waals surface area contributed by atoms with Gasteiger partial charge in [0.05, 0.1) is 5.56 Å². The molecule has 2 rings (SSSR count). The summed E-state index contributed by atoms with van der Waals surface area (Å²) in [5, 5.41) is 11.5. The number of nitrogens with one attached hydrogen (secondary N) is 3. The minimum Gasteiger partial charge on any atom is -0.478 e. The predicted molar refractivity (Wildman–Crippen MR) is 71.7 cm³/mol. The van der Waals surface area contributed by atoms with Gasteiger partial charge in [-0.05, 0) is 13.0 Å². The third kappa shape index (κ3) is 2.83. The molecule has 0 aliphatic carbocycles. The number of rotatable bonds is 3. The van der Waals surface area contributed by atoms with Crippen LogP contribution in [0.15, 0.2) is 21.7 Å². The van der Waals surface area contributed by atoms with Crippen molar-refractivity contribution in [1.82, 2.24) is 9.97 Å². The number of aryl methyl sites for hydroxylation is 1. The number of amides is 1. The van der Waals surface area contributed by atoms with Crippen LogP contribution >= 0.6 is 11.3 Å². The van der Waals surface area contributed by atoms with Gasteiger partial charge in [0.25, 0.3) is 11.5 Å². The fourth-order valence-corrected chi connectivity index (χ4v) is 2.43. The molecule has 20 heavy (non-hydrogen) atoms. The van der Waals surface area contributed by atoms with Gasteiger partial charge in [-0.1, -0.05) is 0 Å². The number of aromatic amines is 2. The second-order valence-corrected chi connectivity index (χ2v) is 5.12. The number of carboxylic acids is 1. The summed E-state index contributed by atoms with van der Waals surface area (Å²) < 4.78 is 0. The Kier molecular flexibility index (Phi) is 3.53. The lowest BCUT2D eigenvalue weighted by Gasteiger charge is -2.03. The molecule has 0 atom stereocenters. The summed E-state index contributed by atoms with van der Waals surface area (Å²) in [7, 11) is 0. The molecule has 0 saturated heterocycles. The number of thiophene rings is 1. The van der Waals surface area contributed by atoms with E-state index in [0.29, 0.717) is 4.88 Å². The van der Waals surface area contributed by atoms with Crippen molar-refractivity contribution in [3.63, 3.8) is 0 Å². The van der Waals surface area contributed by atoms with E-state index in [-0.39, 0.29) is 16.3 Å². The van der Waals surface area contributed by atoms with Crippen molar-refractivity contribution in [3.8, 4) is 0 Å². The Morgan fingerprint density at radius 1 is 1.25 bits per heavy atom. The summed E-state index contributed by atoms with van der Waals surface area (Å²) >= 11 is 1.08. The van der Waals surface area contributed by atoms with E-state index >= 15 is 0 Å². The Bertz CT molecular complexity index is 773. The zero-order valence-electron chi connectivity index (χ0n) is 10.1. The summed E-state index contributed by atoms with van der Waals surface area (Å²) in [5.41, 5.74) is -1.84. The number of H-pyrrole nitrogens is 2. The normalized spacial score (nSPS) is 10.2. The fraction of sp³-hybridized carbons (Fsp3) is 0.0909. The third-order valence-corrected chi connectivity index (χ3v) is 3.28. The first kappa shape index (κ1) is 13.7. The quantitative estimate of drug-likeness (QED) is 0.650. The Labute approximate surface area is 115 Å². The highest BCUT2D eigenvalue weighted by molar-refractivity contribution is 7.16. The number of hydrogen-bond donors (Lipinski definition) is 4. The first-order chi connectivity index (χ1) is 9.36. The third-order valence-electron chi connectivity index (χ3n) is 2.32. The molecule has 0 aliphatic rings. The molecule has 8 nitrogen and oxygen atoms in total. The number of carbonyl (C=O) groups excluding carboxylic acids is 1. The molecule has 0 fully saturated rings. The number of hydrogen-bond acceptors (Lipinski definition) is 5. The maximum atomic E-state index is 11.9. The van der Waals surface area contributed by atoms with Gasteiger partial charge in [0.2, 0.25) is 0 Å². The summed E-state index contributed by atoms with van der Waals surface area (Å²) in [4.78, 5) is 49.8. The molecule has 4 N–H and O–H groups in total. The number of aromatic carboxylic acids is 1. The molecule has 0 aromatic carbocycles. The Hall–Kier alpha value is -2.68. The van der Waals surface area contributed by atoms with E-state index in [1.165, 1.54) is 6.07 Å². The molecule has 0 saturated carbocycles. The van der Waals surface area contributed by atoms with Gasteiger partial charge in [0, 0.05) is 10.9 Å². The van der Waals surface area contributed by atoms with Crippen LogP contribution in [0.25, 0.3) is 0 Å². The highest BCUT2D eigenvalue weighted by atomic mass is 32.1. The van der Waals surface area contributed by atoms with Crippen molar-refractivity contribution >= 4 is 28.2 Å². The number of carbonyl (C=O) groups is 2. The lowest BCUT2D eigenvalue weighted by Crippen LogP contribution is -2.27. The van der Waals surface area contributed by atoms with Gasteiger partial charge in [-0.15, -0.1) is 11.3 Å². The smallest absolute Gasteiger partial charge is 0.338 e. The van der Waals surface area contributed by atoms with Crippen LogP contribution in [0.1, 0.15) is 25.7 Å². The standard InChI is InChI=1S/C11H9N3O5S/c1-4-2-5(10(17)18)9(20-4)14-8(16)6-3-7(15)13-11(19)12-6/h2-3H,1H3,(H,14,16)(H,17,18)(H2,12,13,15,19). The minimum absolute atomic E-state index is 0.0481. The van der Waals surface area contributed by atoms with Gasteiger partial charge in [0.15, 0.2) is 0 Å². The molecule has 0 bridgehead atoms. The largest absolute Gasteiger partial charge is 0.478 e. The number of aromatic nitrogens is 2. The van der Waals surface area contributed by atoms with Crippen LogP contribution in [0.4, 0.5) is 5.00 Å². The van der Waals surface area contributed by atoms with Crippen molar-refractivity contribution in [1.29, 1.82) is 0 Å². The number of anilines is 1. The van der Waals surface area contributed by atoms with Gasteiger partial charge in [-0.2, -0.15) is 0 Å². The fourth-order valence-electron chi connectivity index (χ4n) is 1.53. The second kappa shape index (κ2) is 5.13. The van der Waals surface area contributed by atoms with Crippen molar-refractivity contribution in [2.45, 2.75) is 6.92 Å². The highest BCUT2D eigenvalue weighted by Gasteiger charge is 2.17. The number of carboxylic acid groups (broad SMARTS) is 1. The van der Waals surface area contributed by atoms with Crippen LogP contribution in [-0.4, -0.2) is 27.0 Å². The van der Waals surface area contributed by atoms with Crippen molar-refractivity contribution in [3.05, 3.63) is 49.1 Å². The van der Waals surface area contributed by atoms with Crippen LogP contribution in [-0.2, 0) is 0 Å². The van der Waals surface area contributed by atoms with Gasteiger partial charge in [-0.3, -0.25) is 14.6 Å². The average molecular weight is 295 g/mol. The molecule has 0 radical (unpaired) electrons. The summed E-state index contributed by atoms with van der Waals surface area (Å²) in [6, 6.07) is 2.33. The lowest BCUT2D eigenvalue weighted by atomic mass is 10.3. The molecule has 0 unspecified atom stereocenters. The van der Waals surface area contributed by atoms with Crippen molar-refractivity contribution in [2.24, 2.45) is 0 Å². The molecule has 2 heterocycles. The monoisotopic (exact) mass is 295 g/mol. The summed E-state index contributed by atoms with van der Waals surface area (Å²) in [6.45, 7) is 1.70. The molecule has 1 amide bonds. The van der Waals surface area contributed by atoms with Crippen molar-refractivity contribution in [2.75, 3.05) is 5.32 Å². The molecule has 9 heteroatoms. The molecule has 0 spiro atoms. The minimum atomic E-state index is -1.18. The van der Waals surface area contributed by atoms with Crippen LogP contribution in [0.3, 0.4) is 0 Å². The van der Waals surface area contributed by atoms with Crippen molar-refractivity contribution < 1.29 is 14.7 Å². The van der Waals surface area contributed by atoms with E-state index in [0.717, 1.165) is 17.4 Å². The average Bonchev–Trinajstić information content (AvgIpc) is 2.69. The zero-order valence-corrected chi connectivity index (χ0v) is 11.0. The highest BCUT2D eigenvalue weighted by Crippen LogP contribution is 2.27. The summed E-state index contributed by atoms with van der Waals surface area (Å²) in [5.74, 6) is -1.94. The Morgan fingerprint density at radius 3 is 2.55 bits per heavy atom. The van der Waals surface area contributed by atoms with Gasteiger partial charge in [0.1, 0.15) is 10.7 Å². The van der Waals surface area contributed by atoms with Crippen LogP contribution in [0, 0.1) is 6.92 Å². The van der Waals surface area contributed by atoms with Gasteiger partial charge in [-0.25, -0.2) is 9.59 Å². The van der Waals surface area contributed by atoms with Crippen LogP contribution in [0.2, 0.25) is 0 Å². The maximum Gasteiger partial charge on any atom is 0.338 e. The van der Waals surface area contributed by atoms with E-state index < -0.39 is 23.1 Å². The zero-order chi connectivity index (χ0) is 14.9. The SMILES string of the molecule is Cc1cc(C(=O)O)c(NC(=O)c2cc(=O)[nH]c(=O)[nH]2)s1. The van der Waals surface area contributed by atoms with E-state index in [4.69, 9.17) is 5.11 Å². The molecule has 2 aromatic rings. The molecular weight excluding hydrogens is 286 g/mol. The Balaban J connectivity index is 2.35. The van der Waals surface area contributed by atoms with E-state index in [1.807, 2.05) is 4.98 Å². The lowest BCUT2D eigenvalue weighted by molar-refractivity contribution is 0.0698. The molecule has 104 valence electrons. The van der Waals surface area contributed by atoms with E-state index in [2.05, 4.69) is 10.3 Å². The second-order valence-electron chi connectivity index (χ2n) is 3.86. The van der Waals surface area contributed by atoms with Gasteiger partial charge >= 0.3 is 11.7 Å². The van der Waals surface area contributed by atoms with Crippen LogP contribution < -0.4 is 16.6 Å². The van der Waals surface area contributed by atoms with Crippen LogP contribution in [0.5, 0.6) is 0 Å². The maximum absolute atomic E-state index is 11.9. The van der Waals surface area contributed by atoms with E-state index in [1.54, 1.807) is 6.92 Å². The van der Waals surface area contributed by atoms with Gasteiger partial charge < -0.3 is 15.4 Å².